The summed E-state index contributed by atoms with van der Waals surface area (Å²) in [5, 5.41) is 1.95. The smallest absolute Gasteiger partial charge is 0.263 e. The molecule has 2 aliphatic rings. The average molecular weight is 303 g/mol. The first-order valence-corrected chi connectivity index (χ1v) is 8.24. The van der Waals surface area contributed by atoms with E-state index in [2.05, 4.69) is 11.0 Å². The third kappa shape index (κ3) is 2.97. The van der Waals surface area contributed by atoms with Gasteiger partial charge in [-0.2, -0.15) is 0 Å². The van der Waals surface area contributed by atoms with E-state index in [1.165, 1.54) is 17.0 Å². The van der Waals surface area contributed by atoms with Gasteiger partial charge in [-0.3, -0.25) is 4.79 Å². The number of amides is 1. The van der Waals surface area contributed by atoms with E-state index in [4.69, 9.17) is 5.73 Å². The second-order valence-corrected chi connectivity index (χ2v) is 6.63. The lowest BCUT2D eigenvalue weighted by molar-refractivity contribution is 0.0742. The van der Waals surface area contributed by atoms with Gasteiger partial charge in [0.25, 0.3) is 5.91 Å². The maximum absolute atomic E-state index is 12.4. The lowest BCUT2D eigenvalue weighted by atomic mass is 10.1. The Morgan fingerprint density at radius 2 is 2.29 bits per heavy atom. The molecule has 0 saturated carbocycles. The van der Waals surface area contributed by atoms with Gasteiger partial charge >= 0.3 is 0 Å². The molecule has 1 aromatic heterocycles. The van der Waals surface area contributed by atoms with Gasteiger partial charge in [0.05, 0.1) is 10.9 Å². The van der Waals surface area contributed by atoms with Gasteiger partial charge in [-0.05, 0) is 42.9 Å². The first-order chi connectivity index (χ1) is 10.1. The molecule has 2 heterocycles. The topological polar surface area (TPSA) is 49.6 Å². The maximum Gasteiger partial charge on any atom is 0.263 e. The second-order valence-electron chi connectivity index (χ2n) is 5.68. The van der Waals surface area contributed by atoms with E-state index < -0.39 is 0 Å². The predicted molar refractivity (Wildman–Crippen MR) is 86.0 cm³/mol. The summed E-state index contributed by atoms with van der Waals surface area (Å²) in [6.45, 7) is 1.94. The second kappa shape index (κ2) is 5.93. The fraction of sp³-hybridized carbons (Fsp3) is 0.438. The molecule has 1 aliphatic heterocycles. The number of thiophene rings is 1. The van der Waals surface area contributed by atoms with Crippen LogP contribution in [0, 0.1) is 0 Å². The van der Waals surface area contributed by atoms with Crippen molar-refractivity contribution in [1.29, 1.82) is 0 Å². The minimum absolute atomic E-state index is 0.138. The minimum Gasteiger partial charge on any atom is -0.402 e. The molecular formula is C16H21N3OS. The number of carbonyl (C=O) groups excluding carboxylic acids is 1. The number of allylic oxidation sites excluding steroid dienone is 4. The third-order valence-electron chi connectivity index (χ3n) is 4.33. The number of hydrogen-bond donors (Lipinski definition) is 1. The first kappa shape index (κ1) is 14.2. The molecule has 1 aliphatic carbocycles. The standard InChI is InChI=1S/C16H21N3OS/c1-18(16(20)15-3-2-10-21-15)14-8-9-19(11-14)13-6-4-12(17)5-7-13/h2-4,6,10,14H,5,7-9,11,17H2,1H3. The van der Waals surface area contributed by atoms with Crippen LogP contribution in [0.25, 0.3) is 0 Å². The molecule has 1 atom stereocenters. The molecule has 0 spiro atoms. The highest BCUT2D eigenvalue weighted by molar-refractivity contribution is 7.12. The summed E-state index contributed by atoms with van der Waals surface area (Å²) in [7, 11) is 1.92. The summed E-state index contributed by atoms with van der Waals surface area (Å²) >= 11 is 1.51. The largest absolute Gasteiger partial charge is 0.402 e. The van der Waals surface area contributed by atoms with E-state index >= 15 is 0 Å². The molecule has 4 nitrogen and oxygen atoms in total. The van der Waals surface area contributed by atoms with Gasteiger partial charge in [-0.15, -0.1) is 11.3 Å². The van der Waals surface area contributed by atoms with Gasteiger partial charge in [-0.1, -0.05) is 6.07 Å². The number of likely N-dealkylation sites (tertiary alicyclic amines) is 1. The Labute approximate surface area is 129 Å². The molecule has 3 rings (SSSR count). The molecule has 1 fully saturated rings. The molecule has 1 aromatic rings. The van der Waals surface area contributed by atoms with Crippen molar-refractivity contribution < 1.29 is 4.79 Å². The van der Waals surface area contributed by atoms with E-state index in [-0.39, 0.29) is 5.91 Å². The number of rotatable bonds is 3. The Kier molecular flexibility index (Phi) is 4.01. The van der Waals surface area contributed by atoms with Crippen LogP contribution >= 0.6 is 11.3 Å². The van der Waals surface area contributed by atoms with Gasteiger partial charge in [0.15, 0.2) is 0 Å². The number of nitrogens with zero attached hydrogens (tertiary/aromatic N) is 2. The van der Waals surface area contributed by atoms with Crippen molar-refractivity contribution in [2.75, 3.05) is 20.1 Å². The molecular weight excluding hydrogens is 282 g/mol. The summed E-state index contributed by atoms with van der Waals surface area (Å²) in [6, 6.07) is 4.12. The van der Waals surface area contributed by atoms with E-state index in [1.807, 2.05) is 35.5 Å². The van der Waals surface area contributed by atoms with E-state index in [9.17, 15) is 4.79 Å². The Morgan fingerprint density at radius 1 is 1.43 bits per heavy atom. The highest BCUT2D eigenvalue weighted by atomic mass is 32.1. The zero-order valence-corrected chi connectivity index (χ0v) is 13.1. The van der Waals surface area contributed by atoms with Crippen LogP contribution < -0.4 is 5.73 Å². The van der Waals surface area contributed by atoms with Gasteiger partial charge in [0.2, 0.25) is 0 Å². The van der Waals surface area contributed by atoms with Gasteiger partial charge in [-0.25, -0.2) is 0 Å². The first-order valence-electron chi connectivity index (χ1n) is 7.36. The minimum atomic E-state index is 0.138. The zero-order chi connectivity index (χ0) is 14.8. The quantitative estimate of drug-likeness (QED) is 0.933. The molecule has 0 radical (unpaired) electrons. The van der Waals surface area contributed by atoms with Crippen molar-refractivity contribution in [2.45, 2.75) is 25.3 Å². The summed E-state index contributed by atoms with van der Waals surface area (Å²) < 4.78 is 0. The Balaban J connectivity index is 1.63. The highest BCUT2D eigenvalue weighted by Crippen LogP contribution is 2.26. The van der Waals surface area contributed by atoms with Crippen LogP contribution in [0.3, 0.4) is 0 Å². The lowest BCUT2D eigenvalue weighted by Gasteiger charge is -2.27. The third-order valence-corrected chi connectivity index (χ3v) is 5.19. The molecule has 112 valence electrons. The predicted octanol–water partition coefficient (Wildman–Crippen LogP) is 2.41. The van der Waals surface area contributed by atoms with Gasteiger partial charge in [0.1, 0.15) is 0 Å². The number of nitrogens with two attached hydrogens (primary N) is 1. The van der Waals surface area contributed by atoms with E-state index in [0.717, 1.165) is 42.9 Å². The SMILES string of the molecule is CN(C(=O)c1cccs1)C1CCN(C2=CC=C(N)CC2)C1. The summed E-state index contributed by atoms with van der Waals surface area (Å²) in [5.74, 6) is 0.138. The van der Waals surface area contributed by atoms with Crippen LogP contribution in [0.2, 0.25) is 0 Å². The van der Waals surface area contributed by atoms with Crippen LogP contribution in [0.5, 0.6) is 0 Å². The molecule has 0 aromatic carbocycles. The zero-order valence-electron chi connectivity index (χ0n) is 12.3. The summed E-state index contributed by atoms with van der Waals surface area (Å²) in [5.41, 5.74) is 8.12. The number of hydrogen-bond acceptors (Lipinski definition) is 4. The molecule has 5 heteroatoms. The van der Waals surface area contributed by atoms with Crippen LogP contribution in [-0.4, -0.2) is 41.9 Å². The van der Waals surface area contributed by atoms with Crippen LogP contribution in [0.4, 0.5) is 0 Å². The highest BCUT2D eigenvalue weighted by Gasteiger charge is 2.30. The van der Waals surface area contributed by atoms with Crippen LogP contribution in [0.1, 0.15) is 28.9 Å². The molecule has 1 unspecified atom stereocenters. The molecule has 1 saturated heterocycles. The molecule has 21 heavy (non-hydrogen) atoms. The fourth-order valence-corrected chi connectivity index (χ4v) is 3.67. The van der Waals surface area contributed by atoms with Crippen molar-refractivity contribution in [3.63, 3.8) is 0 Å². The van der Waals surface area contributed by atoms with Crippen molar-refractivity contribution >= 4 is 17.2 Å². The lowest BCUT2D eigenvalue weighted by Crippen LogP contribution is -2.38. The van der Waals surface area contributed by atoms with Gasteiger partial charge in [0, 0.05) is 31.5 Å². The summed E-state index contributed by atoms with van der Waals surface area (Å²) in [4.78, 5) is 17.5. The molecule has 2 N–H and O–H groups in total. The maximum atomic E-state index is 12.4. The summed E-state index contributed by atoms with van der Waals surface area (Å²) in [6.07, 6.45) is 7.12. The van der Waals surface area contributed by atoms with E-state index in [0.29, 0.717) is 6.04 Å². The van der Waals surface area contributed by atoms with Crippen LogP contribution in [-0.2, 0) is 0 Å². The number of likely N-dealkylation sites (N-methyl/N-ethyl adjacent to an activating group) is 1. The average Bonchev–Trinajstić information content (AvgIpc) is 3.18. The molecule has 1 amide bonds. The normalized spacial score (nSPS) is 22.0. The van der Waals surface area contributed by atoms with Crippen LogP contribution in [0.15, 0.2) is 41.1 Å². The number of carbonyl (C=O) groups is 1. The van der Waals surface area contributed by atoms with Crippen molar-refractivity contribution in [2.24, 2.45) is 5.73 Å². The van der Waals surface area contributed by atoms with Gasteiger partial charge < -0.3 is 15.5 Å². The van der Waals surface area contributed by atoms with Crippen molar-refractivity contribution in [3.05, 3.63) is 45.9 Å². The van der Waals surface area contributed by atoms with Crippen molar-refractivity contribution in [3.8, 4) is 0 Å². The fourth-order valence-electron chi connectivity index (χ4n) is 2.96. The molecule has 0 bridgehead atoms. The Hall–Kier alpha value is -1.75. The van der Waals surface area contributed by atoms with Crippen molar-refractivity contribution in [1.82, 2.24) is 9.80 Å². The Morgan fingerprint density at radius 3 is 2.95 bits per heavy atom. The Bertz CT molecular complexity index is 576. The monoisotopic (exact) mass is 303 g/mol. The van der Waals surface area contributed by atoms with E-state index in [1.54, 1.807) is 0 Å².